The Bertz CT molecular complexity index is 543. The molecule has 0 bridgehead atoms. The predicted octanol–water partition coefficient (Wildman–Crippen LogP) is 2.89. The number of carbonyl (C=O) groups is 1. The fourth-order valence-corrected chi connectivity index (χ4v) is 3.47. The molecule has 1 unspecified atom stereocenters. The van der Waals surface area contributed by atoms with Crippen molar-refractivity contribution in [3.8, 4) is 0 Å². The second-order valence-corrected chi connectivity index (χ2v) is 6.17. The normalized spacial score (nSPS) is 12.3. The maximum atomic E-state index is 11.3. The molecule has 1 N–H and O–H groups in total. The molecule has 4 nitrogen and oxygen atoms in total. The van der Waals surface area contributed by atoms with E-state index in [1.54, 1.807) is 0 Å². The molecule has 6 heteroatoms. The van der Waals surface area contributed by atoms with Crippen LogP contribution in [0.2, 0.25) is 0 Å². The van der Waals surface area contributed by atoms with Crippen LogP contribution in [-0.4, -0.2) is 25.7 Å². The van der Waals surface area contributed by atoms with Crippen molar-refractivity contribution in [1.29, 1.82) is 0 Å². The highest BCUT2D eigenvalue weighted by atomic mass is 32.2. The monoisotopic (exact) mass is 294 g/mol. The van der Waals surface area contributed by atoms with Crippen molar-refractivity contribution < 1.29 is 9.90 Å². The number of rotatable bonds is 6. The second kappa shape index (κ2) is 6.68. The molecule has 1 aromatic heterocycles. The Labute approximate surface area is 120 Å². The molecule has 1 atom stereocenters. The van der Waals surface area contributed by atoms with E-state index in [1.165, 1.54) is 23.3 Å². The average Bonchev–Trinajstić information content (AvgIpc) is 2.87. The van der Waals surface area contributed by atoms with E-state index < -0.39 is 11.2 Å². The minimum atomic E-state index is -0.817. The Hall–Kier alpha value is -1.40. The highest BCUT2D eigenvalue weighted by Crippen LogP contribution is 2.27. The number of hydrogen-bond donors (Lipinski definition) is 1. The van der Waals surface area contributed by atoms with Crippen molar-refractivity contribution in [3.63, 3.8) is 0 Å². The highest BCUT2D eigenvalue weighted by molar-refractivity contribution is 8.02. The van der Waals surface area contributed by atoms with Gasteiger partial charge in [-0.15, -0.1) is 0 Å². The first-order chi connectivity index (χ1) is 9.19. The fourth-order valence-electron chi connectivity index (χ4n) is 1.56. The number of carboxylic acid groups (broad SMARTS) is 1. The van der Waals surface area contributed by atoms with Gasteiger partial charge >= 0.3 is 5.97 Å². The molecule has 0 aliphatic heterocycles. The average molecular weight is 294 g/mol. The molecule has 0 spiro atoms. The van der Waals surface area contributed by atoms with E-state index in [4.69, 9.17) is 0 Å². The van der Waals surface area contributed by atoms with Crippen LogP contribution in [0.15, 0.2) is 34.7 Å². The summed E-state index contributed by atoms with van der Waals surface area (Å²) in [5.74, 6) is -0.0431. The van der Waals surface area contributed by atoms with Crippen molar-refractivity contribution in [1.82, 2.24) is 9.36 Å². The smallest absolute Gasteiger partial charge is 0.317 e. The molecule has 0 saturated heterocycles. The SMILES string of the molecule is CCc1nsc(SC(Cc2ccccc2)C(=O)O)n1. The standard InChI is InChI=1S/C13H14N2O2S2/c1-2-11-14-13(19-15-11)18-10(12(16)17)8-9-6-4-3-5-7-9/h3-7,10H,2,8H2,1H3,(H,16,17). The van der Waals surface area contributed by atoms with Gasteiger partial charge in [0.2, 0.25) is 0 Å². The molecule has 100 valence electrons. The van der Waals surface area contributed by atoms with Gasteiger partial charge in [0.05, 0.1) is 0 Å². The van der Waals surface area contributed by atoms with E-state index >= 15 is 0 Å². The summed E-state index contributed by atoms with van der Waals surface area (Å²) < 4.78 is 4.89. The van der Waals surface area contributed by atoms with Gasteiger partial charge in [-0.25, -0.2) is 4.98 Å². The van der Waals surface area contributed by atoms with Crippen molar-refractivity contribution in [2.75, 3.05) is 0 Å². The number of nitrogens with zero attached hydrogens (tertiary/aromatic N) is 2. The molecule has 1 heterocycles. The molecule has 0 amide bonds. The number of aryl methyl sites for hydroxylation is 1. The topological polar surface area (TPSA) is 63.1 Å². The van der Waals surface area contributed by atoms with Crippen LogP contribution >= 0.6 is 23.3 Å². The Kier molecular flexibility index (Phi) is 4.93. The van der Waals surface area contributed by atoms with Gasteiger partial charge in [0.25, 0.3) is 0 Å². The molecular formula is C13H14N2O2S2. The maximum Gasteiger partial charge on any atom is 0.317 e. The third-order valence-electron chi connectivity index (χ3n) is 2.55. The van der Waals surface area contributed by atoms with E-state index in [9.17, 15) is 9.90 Å². The van der Waals surface area contributed by atoms with Gasteiger partial charge in [-0.05, 0) is 23.5 Å². The third-order valence-corrected chi connectivity index (χ3v) is 4.56. The quantitative estimate of drug-likeness (QED) is 0.830. The van der Waals surface area contributed by atoms with Crippen LogP contribution in [-0.2, 0) is 17.6 Å². The molecule has 2 aromatic rings. The lowest BCUT2D eigenvalue weighted by atomic mass is 10.1. The maximum absolute atomic E-state index is 11.3. The lowest BCUT2D eigenvalue weighted by Crippen LogP contribution is -2.19. The first-order valence-corrected chi connectivity index (χ1v) is 7.60. The van der Waals surface area contributed by atoms with Crippen molar-refractivity contribution in [2.45, 2.75) is 29.4 Å². The Morgan fingerprint density at radius 2 is 2.16 bits per heavy atom. The minimum Gasteiger partial charge on any atom is -0.480 e. The van der Waals surface area contributed by atoms with Gasteiger partial charge in [0, 0.05) is 6.42 Å². The van der Waals surface area contributed by atoms with E-state index in [0.29, 0.717) is 6.42 Å². The minimum absolute atomic E-state index is 0.488. The first kappa shape index (κ1) is 14.0. The Morgan fingerprint density at radius 3 is 2.74 bits per heavy atom. The van der Waals surface area contributed by atoms with E-state index in [-0.39, 0.29) is 0 Å². The lowest BCUT2D eigenvalue weighted by molar-refractivity contribution is -0.136. The Balaban J connectivity index is 2.06. The van der Waals surface area contributed by atoms with Crippen LogP contribution in [0.25, 0.3) is 0 Å². The molecule has 1 aromatic carbocycles. The van der Waals surface area contributed by atoms with Gasteiger partial charge in [0.15, 0.2) is 4.34 Å². The van der Waals surface area contributed by atoms with Crippen molar-refractivity contribution in [2.24, 2.45) is 0 Å². The largest absolute Gasteiger partial charge is 0.480 e. The van der Waals surface area contributed by atoms with E-state index in [2.05, 4.69) is 9.36 Å². The first-order valence-electron chi connectivity index (χ1n) is 5.95. The van der Waals surface area contributed by atoms with Crippen molar-refractivity contribution >= 4 is 29.3 Å². The second-order valence-electron chi connectivity index (χ2n) is 3.96. The summed E-state index contributed by atoms with van der Waals surface area (Å²) >= 11 is 2.54. The fraction of sp³-hybridized carbons (Fsp3) is 0.308. The predicted molar refractivity (Wildman–Crippen MR) is 76.7 cm³/mol. The van der Waals surface area contributed by atoms with Crippen LogP contribution in [0.1, 0.15) is 18.3 Å². The molecule has 0 saturated carbocycles. The third kappa shape index (κ3) is 4.04. The number of hydrogen-bond acceptors (Lipinski definition) is 5. The van der Waals surface area contributed by atoms with Gasteiger partial charge in [-0.1, -0.05) is 49.0 Å². The number of aliphatic carboxylic acids is 1. The lowest BCUT2D eigenvalue weighted by Gasteiger charge is -2.09. The number of thioether (sulfide) groups is 1. The van der Waals surface area contributed by atoms with Crippen LogP contribution in [0, 0.1) is 0 Å². The molecule has 19 heavy (non-hydrogen) atoms. The molecule has 0 aliphatic carbocycles. The van der Waals surface area contributed by atoms with Gasteiger partial charge in [-0.2, -0.15) is 4.37 Å². The molecule has 0 fully saturated rings. The van der Waals surface area contributed by atoms with Gasteiger partial charge < -0.3 is 5.11 Å². The Morgan fingerprint density at radius 1 is 1.42 bits per heavy atom. The van der Waals surface area contributed by atoms with Gasteiger partial charge in [0.1, 0.15) is 11.1 Å². The van der Waals surface area contributed by atoms with Crippen LogP contribution in [0.5, 0.6) is 0 Å². The summed E-state index contributed by atoms with van der Waals surface area (Å²) in [6, 6.07) is 9.63. The number of carboxylic acids is 1. The van der Waals surface area contributed by atoms with Gasteiger partial charge in [-0.3, -0.25) is 4.79 Å². The summed E-state index contributed by atoms with van der Waals surface area (Å²) in [5, 5.41) is 8.77. The summed E-state index contributed by atoms with van der Waals surface area (Å²) in [7, 11) is 0. The van der Waals surface area contributed by atoms with E-state index in [0.717, 1.165) is 22.1 Å². The number of aromatic nitrogens is 2. The highest BCUT2D eigenvalue weighted by Gasteiger charge is 2.21. The molecular weight excluding hydrogens is 280 g/mol. The zero-order valence-corrected chi connectivity index (χ0v) is 12.1. The summed E-state index contributed by atoms with van der Waals surface area (Å²) in [6.45, 7) is 1.98. The van der Waals surface area contributed by atoms with E-state index in [1.807, 2.05) is 37.3 Å². The molecule has 0 aliphatic rings. The van der Waals surface area contributed by atoms with Crippen LogP contribution in [0.4, 0.5) is 0 Å². The molecule has 2 rings (SSSR count). The zero-order valence-electron chi connectivity index (χ0n) is 10.4. The van der Waals surface area contributed by atoms with Crippen LogP contribution in [0.3, 0.4) is 0 Å². The summed E-state index contributed by atoms with van der Waals surface area (Å²) in [4.78, 5) is 15.6. The summed E-state index contributed by atoms with van der Waals surface area (Å²) in [6.07, 6.45) is 1.26. The number of benzene rings is 1. The van der Waals surface area contributed by atoms with Crippen LogP contribution < -0.4 is 0 Å². The summed E-state index contributed by atoms with van der Waals surface area (Å²) in [5.41, 5.74) is 1.02. The zero-order chi connectivity index (χ0) is 13.7. The van der Waals surface area contributed by atoms with Crippen molar-refractivity contribution in [3.05, 3.63) is 41.7 Å². The molecule has 0 radical (unpaired) electrons.